The maximum Gasteiger partial charge on any atom is 0.482 e. The first-order chi connectivity index (χ1) is 24.5. The highest BCUT2D eigenvalue weighted by Gasteiger charge is 2.68. The fourth-order valence-corrected chi connectivity index (χ4v) is 9.18. The van der Waals surface area contributed by atoms with Crippen LogP contribution < -0.4 is 5.32 Å². The second-order valence-electron chi connectivity index (χ2n) is 16.9. The summed E-state index contributed by atoms with van der Waals surface area (Å²) in [7, 11) is -0.705. The number of rotatable bonds is 10. The summed E-state index contributed by atoms with van der Waals surface area (Å²) in [5.74, 6) is -1.17. The van der Waals surface area contributed by atoms with Crippen LogP contribution in [-0.4, -0.2) is 90.1 Å². The molecule has 1 aromatic carbocycles. The van der Waals surface area contributed by atoms with E-state index in [0.29, 0.717) is 57.2 Å². The van der Waals surface area contributed by atoms with E-state index in [9.17, 15) is 23.6 Å². The number of alkyl halides is 1. The molecule has 3 aliphatic heterocycles. The number of likely N-dealkylation sites (tertiary alicyclic amines) is 2. The number of halogens is 2. The van der Waals surface area contributed by atoms with Crippen LogP contribution in [0.2, 0.25) is 0 Å². The maximum absolute atomic E-state index is 14.4. The van der Waals surface area contributed by atoms with E-state index in [1.165, 1.54) is 12.1 Å². The Hall–Kier alpha value is -3.01. The van der Waals surface area contributed by atoms with Gasteiger partial charge in [0.25, 0.3) is 0 Å². The summed E-state index contributed by atoms with van der Waals surface area (Å²) in [5.41, 5.74) is -1.09. The van der Waals surface area contributed by atoms with E-state index in [4.69, 9.17) is 14.0 Å². The van der Waals surface area contributed by atoms with Crippen LogP contribution in [0, 0.1) is 40.3 Å². The van der Waals surface area contributed by atoms with E-state index in [-0.39, 0.29) is 37.6 Å². The lowest BCUT2D eigenvalue weighted by molar-refractivity contribution is -0.199. The Morgan fingerprint density at radius 1 is 1.19 bits per heavy atom. The number of nitrogens with zero attached hydrogens (tertiary/aromatic N) is 3. The molecule has 8 atom stereocenters. The number of nitrogens with one attached hydrogen (secondary N) is 1. The van der Waals surface area contributed by atoms with Crippen LogP contribution in [0.3, 0.4) is 0 Å². The summed E-state index contributed by atoms with van der Waals surface area (Å²) < 4.78 is 47.3. The monoisotopic (exact) mass is 726 g/mol. The number of piperidine rings is 1. The molecule has 0 radical (unpaired) electrons. The molecule has 288 valence electrons. The van der Waals surface area contributed by atoms with E-state index >= 15 is 0 Å². The highest BCUT2D eigenvalue weighted by Crippen LogP contribution is 2.65. The molecule has 6 fully saturated rings. The first-order valence-electron chi connectivity index (χ1n) is 19.4. The fourth-order valence-electron chi connectivity index (χ4n) is 9.18. The molecule has 0 spiro atoms. The van der Waals surface area contributed by atoms with Gasteiger partial charge in [0, 0.05) is 26.6 Å². The minimum absolute atomic E-state index is 0. The third kappa shape index (κ3) is 8.52. The molecule has 4 unspecified atom stereocenters. The Labute approximate surface area is 311 Å². The number of benzene rings is 1. The molecule has 3 saturated carbocycles. The number of amides is 2. The molecule has 12 heteroatoms. The number of ether oxygens (including phenoxy) is 1. The molecule has 2 bridgehead atoms. The molecule has 1 N–H and O–H groups in total. The van der Waals surface area contributed by atoms with E-state index < -0.39 is 48.0 Å². The van der Waals surface area contributed by atoms with E-state index in [1.54, 1.807) is 24.0 Å². The minimum Gasteiger partial charge on any atom is -0.444 e. The Morgan fingerprint density at radius 3 is 2.54 bits per heavy atom. The van der Waals surface area contributed by atoms with E-state index in [0.717, 1.165) is 18.4 Å². The third-order valence-electron chi connectivity index (χ3n) is 12.5. The van der Waals surface area contributed by atoms with Gasteiger partial charge < -0.3 is 24.3 Å². The second-order valence-corrected chi connectivity index (χ2v) is 16.9. The zero-order valence-corrected chi connectivity index (χ0v) is 32.4. The highest BCUT2D eigenvalue weighted by atomic mass is 19.1. The average molecular weight is 727 g/mol. The van der Waals surface area contributed by atoms with Gasteiger partial charge in [-0.2, -0.15) is 5.26 Å². The zero-order valence-electron chi connectivity index (χ0n) is 32.4. The quantitative estimate of drug-likeness (QED) is 0.200. The number of allylic oxidation sites excluding steroid dienone is 1. The molecule has 52 heavy (non-hydrogen) atoms. The van der Waals surface area contributed by atoms with Crippen molar-refractivity contribution in [3.8, 4) is 6.07 Å². The lowest BCUT2D eigenvalue weighted by Gasteiger charge is -2.64. The summed E-state index contributed by atoms with van der Waals surface area (Å²) in [6, 6.07) is 8.33. The predicted molar refractivity (Wildman–Crippen MR) is 199 cm³/mol. The van der Waals surface area contributed by atoms with Crippen molar-refractivity contribution in [2.24, 2.45) is 23.2 Å². The molecule has 9 nitrogen and oxygen atoms in total. The molecule has 7 rings (SSSR count). The van der Waals surface area contributed by atoms with Crippen molar-refractivity contribution in [3.63, 3.8) is 0 Å². The predicted octanol–water partition coefficient (Wildman–Crippen LogP) is 7.29. The smallest absolute Gasteiger partial charge is 0.444 e. The number of nitriles is 1. The minimum atomic E-state index is -1.21. The summed E-state index contributed by atoms with van der Waals surface area (Å²) in [5, 5.41) is 12.9. The average Bonchev–Trinajstić information content (AvgIpc) is 3.67. The highest BCUT2D eigenvalue weighted by molar-refractivity contribution is 6.47. The summed E-state index contributed by atoms with van der Waals surface area (Å²) in [6.07, 6.45) is 6.86. The Kier molecular flexibility index (Phi) is 12.2. The largest absolute Gasteiger partial charge is 0.482 e. The first-order valence-corrected chi connectivity index (χ1v) is 19.4. The summed E-state index contributed by atoms with van der Waals surface area (Å²) in [6.45, 7) is 18.0. The van der Waals surface area contributed by atoms with Gasteiger partial charge in [-0.15, -0.1) is 0 Å². The van der Waals surface area contributed by atoms with Gasteiger partial charge in [-0.1, -0.05) is 52.0 Å². The SMILES string of the molecule is CC.CC1(F)CCN(C(C)(C)C=CCC(C#N)C(=O)N2CCC[C@H](OC(=O)N[C@@H](Cc3ccc(F)cc3)B3O[C@@H]4CC5CC(C5(C)C)[C@]4(C)O3)C2)C1.[HH]. The molecular formula is C40H61BF2N4O5. The van der Waals surface area contributed by atoms with Crippen LogP contribution in [0.25, 0.3) is 0 Å². The van der Waals surface area contributed by atoms with Gasteiger partial charge in [0.05, 0.1) is 30.3 Å². The number of hydrogen-bond donors (Lipinski definition) is 1. The van der Waals surface area contributed by atoms with Crippen molar-refractivity contribution in [2.75, 3.05) is 26.2 Å². The number of carbonyl (C=O) groups excluding carboxylic acids is 2. The fraction of sp³-hybridized carbons (Fsp3) is 0.725. The van der Waals surface area contributed by atoms with Crippen LogP contribution in [0.5, 0.6) is 0 Å². The van der Waals surface area contributed by atoms with Crippen molar-refractivity contribution in [1.29, 1.82) is 5.26 Å². The standard InChI is InChI=1S/C38H53BF2N4O5.C2H6.H2/c1-35(2,45-18-16-37(5,41)24-45)15-7-9-26(22-42)33(46)44-17-8-10-29(23-44)48-34(47)43-32(19-25-11-13-28(40)14-12-25)39-49-31-21-27-20-30(36(27,3)4)38(31,6)50-39;1-2;/h7,11-15,26-27,29-32H,8-10,16-21,23-24H2,1-6H3,(H,43,47);1-2H3;1H/t26?,27?,29-,30?,31+,32-,37?,38-;;/m0../s1. The van der Waals surface area contributed by atoms with Gasteiger partial charge >= 0.3 is 13.2 Å². The Balaban J connectivity index is 0.00000206. The molecule has 2 amide bonds. The molecule has 1 aromatic rings. The van der Waals surface area contributed by atoms with Crippen molar-refractivity contribution in [2.45, 2.75) is 135 Å². The van der Waals surface area contributed by atoms with Crippen LogP contribution in [0.1, 0.15) is 101 Å². The van der Waals surface area contributed by atoms with Crippen LogP contribution in [-0.2, 0) is 25.3 Å². The second kappa shape index (κ2) is 15.8. The van der Waals surface area contributed by atoms with Gasteiger partial charge in [-0.05, 0) is 108 Å². The molecule has 3 heterocycles. The molecule has 3 saturated heterocycles. The van der Waals surface area contributed by atoms with Gasteiger partial charge in [-0.3, -0.25) is 9.69 Å². The maximum atomic E-state index is 14.4. The molecule has 3 aliphatic carbocycles. The number of carbonyl (C=O) groups is 2. The Morgan fingerprint density at radius 2 is 1.90 bits per heavy atom. The van der Waals surface area contributed by atoms with Crippen molar-refractivity contribution < 1.29 is 33.8 Å². The van der Waals surface area contributed by atoms with Crippen molar-refractivity contribution in [1.82, 2.24) is 15.1 Å². The number of hydrogen-bond acceptors (Lipinski definition) is 7. The van der Waals surface area contributed by atoms with Gasteiger partial charge in [0.15, 0.2) is 0 Å². The van der Waals surface area contributed by atoms with Crippen LogP contribution in [0.15, 0.2) is 36.4 Å². The summed E-state index contributed by atoms with van der Waals surface area (Å²) in [4.78, 5) is 30.6. The normalized spacial score (nSPS) is 32.2. The molecule has 0 aromatic heterocycles. The van der Waals surface area contributed by atoms with Crippen LogP contribution in [0.4, 0.5) is 13.6 Å². The van der Waals surface area contributed by atoms with E-state index in [2.05, 4.69) is 37.1 Å². The van der Waals surface area contributed by atoms with Crippen molar-refractivity contribution >= 4 is 19.1 Å². The lowest BCUT2D eigenvalue weighted by Crippen LogP contribution is -2.65. The zero-order chi connectivity index (χ0) is 38.1. The van der Waals surface area contributed by atoms with Crippen molar-refractivity contribution in [3.05, 3.63) is 47.8 Å². The summed E-state index contributed by atoms with van der Waals surface area (Å²) >= 11 is 0. The molecule has 6 aliphatic rings. The van der Waals surface area contributed by atoms with Crippen LogP contribution >= 0.6 is 0 Å². The van der Waals surface area contributed by atoms with Gasteiger partial charge in [-0.25, -0.2) is 13.6 Å². The van der Waals surface area contributed by atoms with Gasteiger partial charge in [0.2, 0.25) is 5.91 Å². The van der Waals surface area contributed by atoms with Gasteiger partial charge in [0.1, 0.15) is 23.5 Å². The topological polar surface area (TPSA) is 104 Å². The van der Waals surface area contributed by atoms with E-state index in [1.807, 2.05) is 39.8 Å². The first kappa shape index (κ1) is 40.2. The Bertz CT molecular complexity index is 1510. The number of alkyl carbamates (subject to hydrolysis) is 1. The lowest BCUT2D eigenvalue weighted by atomic mass is 9.43. The third-order valence-corrected chi connectivity index (χ3v) is 12.5. The molecular weight excluding hydrogens is 665 g/mol.